The number of amides is 4. The van der Waals surface area contributed by atoms with E-state index in [4.69, 9.17) is 32.7 Å². The van der Waals surface area contributed by atoms with Gasteiger partial charge < -0.3 is 30.7 Å². The number of rotatable bonds is 19. The Morgan fingerprint density at radius 1 is 0.500 bits per heavy atom. The molecule has 0 saturated heterocycles. The molecule has 4 aromatic rings. The summed E-state index contributed by atoms with van der Waals surface area (Å²) >= 11 is 12.1. The van der Waals surface area contributed by atoms with Crippen molar-refractivity contribution >= 4 is 71.1 Å². The number of halogens is 2. The van der Waals surface area contributed by atoms with Crippen molar-refractivity contribution in [2.75, 3.05) is 27.3 Å². The summed E-state index contributed by atoms with van der Waals surface area (Å²) in [5.74, 6) is -0.385. The van der Waals surface area contributed by atoms with Gasteiger partial charge in [0, 0.05) is 35.3 Å². The van der Waals surface area contributed by atoms with Crippen LogP contribution in [0.4, 0.5) is 0 Å². The molecule has 0 aliphatic heterocycles. The fraction of sp³-hybridized carbons (Fsp3) is 0.182. The quantitative estimate of drug-likeness (QED) is 0.0565. The maximum absolute atomic E-state index is 13.2. The van der Waals surface area contributed by atoms with Gasteiger partial charge >= 0.3 is 0 Å². The van der Waals surface area contributed by atoms with Crippen molar-refractivity contribution in [3.63, 3.8) is 0 Å². The molecule has 0 spiro atoms. The lowest BCUT2D eigenvalue weighted by Crippen LogP contribution is -2.35. The molecule has 12 heteroatoms. The summed E-state index contributed by atoms with van der Waals surface area (Å²) in [6.07, 6.45) is 12.1. The number of hydrogen-bond donors (Lipinski definition) is 4. The second-order valence-corrected chi connectivity index (χ2v) is 13.2. The number of benzene rings is 4. The maximum atomic E-state index is 13.2. The van der Waals surface area contributed by atoms with Crippen molar-refractivity contribution in [3.8, 4) is 11.5 Å². The van der Waals surface area contributed by atoms with Crippen LogP contribution < -0.4 is 30.7 Å². The third-order valence-electron chi connectivity index (χ3n) is 8.13. The van der Waals surface area contributed by atoms with Crippen LogP contribution in [0.1, 0.15) is 47.9 Å². The van der Waals surface area contributed by atoms with Crippen LogP contribution in [0.3, 0.4) is 0 Å². The Morgan fingerprint density at radius 3 is 1.18 bits per heavy atom. The van der Waals surface area contributed by atoms with Crippen LogP contribution >= 0.6 is 23.2 Å². The number of carbonyl (C=O) groups is 4. The topological polar surface area (TPSA) is 135 Å². The van der Waals surface area contributed by atoms with Gasteiger partial charge in [0.25, 0.3) is 11.8 Å². The summed E-state index contributed by atoms with van der Waals surface area (Å²) in [6.45, 7) is 0.759. The van der Waals surface area contributed by atoms with Crippen LogP contribution in [-0.4, -0.2) is 50.9 Å². The SMILES string of the molecule is COc1ccc(/C=C/C(=O)N/C(=C\c2ccc(Cl)cc2)C(=O)NCCCCCCNC(=O)/C(=C/c2ccc(Cl)cc2)NC(=O)/C=C/c2ccc(OC)cc2)cc1. The molecule has 0 aromatic heterocycles. The second-order valence-electron chi connectivity index (χ2n) is 12.3. The first-order chi connectivity index (χ1) is 27.1. The number of nitrogens with one attached hydrogen (secondary N) is 4. The third-order valence-corrected chi connectivity index (χ3v) is 8.63. The predicted molar refractivity (Wildman–Crippen MR) is 224 cm³/mol. The Bertz CT molecular complexity index is 1890. The van der Waals surface area contributed by atoms with Gasteiger partial charge in [0.05, 0.1) is 14.2 Å². The molecule has 4 rings (SSSR count). The first kappa shape index (κ1) is 42.6. The number of unbranched alkanes of at least 4 members (excludes halogenated alkanes) is 3. The first-order valence-corrected chi connectivity index (χ1v) is 18.6. The van der Waals surface area contributed by atoms with Crippen LogP contribution in [0.25, 0.3) is 24.3 Å². The largest absolute Gasteiger partial charge is 0.497 e. The van der Waals surface area contributed by atoms with Gasteiger partial charge in [-0.25, -0.2) is 0 Å². The van der Waals surface area contributed by atoms with E-state index in [1.54, 1.807) is 111 Å². The number of ether oxygens (including phenoxy) is 2. The van der Waals surface area contributed by atoms with Crippen molar-refractivity contribution in [1.29, 1.82) is 0 Å². The van der Waals surface area contributed by atoms with E-state index in [1.807, 2.05) is 24.3 Å². The molecule has 10 nitrogen and oxygen atoms in total. The average molecular weight is 796 g/mol. The van der Waals surface area contributed by atoms with Crippen molar-refractivity contribution in [2.45, 2.75) is 25.7 Å². The maximum Gasteiger partial charge on any atom is 0.267 e. The van der Waals surface area contributed by atoms with E-state index >= 15 is 0 Å². The smallest absolute Gasteiger partial charge is 0.267 e. The molecule has 0 fully saturated rings. The monoisotopic (exact) mass is 794 g/mol. The molecule has 0 bridgehead atoms. The standard InChI is InChI=1S/C44H44Cl2N4O6/c1-55-37-21-11-31(12-22-37)15-25-41(51)49-39(29-33-7-17-35(45)18-8-33)43(53)47-27-5-3-4-6-28-48-44(54)40(30-34-9-19-36(46)20-10-34)50-42(52)26-16-32-13-23-38(56-2)24-14-32/h7-26,29-30H,3-6,27-28H2,1-2H3,(H,47,53)(H,48,54)(H,49,51)(H,50,52)/b25-15+,26-16+,39-29-,40-30-. The Hall–Kier alpha value is -6.10. The predicted octanol–water partition coefficient (Wildman–Crippen LogP) is 7.84. The summed E-state index contributed by atoms with van der Waals surface area (Å²) in [5, 5.41) is 12.2. The highest BCUT2D eigenvalue weighted by Gasteiger charge is 2.13. The van der Waals surface area contributed by atoms with Gasteiger partial charge in [0.15, 0.2) is 0 Å². The van der Waals surface area contributed by atoms with Gasteiger partial charge in [-0.2, -0.15) is 0 Å². The molecule has 56 heavy (non-hydrogen) atoms. The summed E-state index contributed by atoms with van der Waals surface area (Å²) < 4.78 is 10.3. The van der Waals surface area contributed by atoms with E-state index in [1.165, 1.54) is 12.2 Å². The lowest BCUT2D eigenvalue weighted by Gasteiger charge is -2.11. The van der Waals surface area contributed by atoms with Crippen LogP contribution in [0, 0.1) is 0 Å². The van der Waals surface area contributed by atoms with Crippen LogP contribution in [0.5, 0.6) is 11.5 Å². The molecule has 0 aliphatic rings. The first-order valence-electron chi connectivity index (χ1n) is 17.9. The minimum absolute atomic E-state index is 0.0881. The molecule has 4 N–H and O–H groups in total. The molecule has 0 atom stereocenters. The Morgan fingerprint density at radius 2 is 0.839 bits per heavy atom. The zero-order valence-corrected chi connectivity index (χ0v) is 32.7. The van der Waals surface area contributed by atoms with Gasteiger partial charge in [-0.15, -0.1) is 0 Å². The Labute approximate surface area is 337 Å². The zero-order valence-electron chi connectivity index (χ0n) is 31.1. The minimum Gasteiger partial charge on any atom is -0.497 e. The third kappa shape index (κ3) is 15.3. The highest BCUT2D eigenvalue weighted by Crippen LogP contribution is 2.16. The van der Waals surface area contributed by atoms with Crippen molar-refractivity contribution in [3.05, 3.63) is 153 Å². The van der Waals surface area contributed by atoms with Crippen LogP contribution in [0.2, 0.25) is 10.0 Å². The molecule has 0 unspecified atom stereocenters. The van der Waals surface area contributed by atoms with Crippen molar-refractivity contribution < 1.29 is 28.7 Å². The van der Waals surface area contributed by atoms with E-state index < -0.39 is 23.6 Å². The van der Waals surface area contributed by atoms with Crippen LogP contribution in [-0.2, 0) is 19.2 Å². The van der Waals surface area contributed by atoms with Gasteiger partial charge in [-0.3, -0.25) is 19.2 Å². The molecule has 4 amide bonds. The summed E-state index contributed by atoms with van der Waals surface area (Å²) in [5.41, 5.74) is 3.15. The summed E-state index contributed by atoms with van der Waals surface area (Å²) in [7, 11) is 3.16. The zero-order chi connectivity index (χ0) is 40.1. The highest BCUT2D eigenvalue weighted by molar-refractivity contribution is 6.30. The van der Waals surface area contributed by atoms with E-state index in [0.717, 1.165) is 24.0 Å². The Balaban J connectivity index is 1.25. The number of hydrogen-bond acceptors (Lipinski definition) is 6. The summed E-state index contributed by atoms with van der Waals surface area (Å²) in [6, 6.07) is 28.2. The van der Waals surface area contributed by atoms with E-state index in [0.29, 0.717) is 58.6 Å². The van der Waals surface area contributed by atoms with E-state index in [2.05, 4.69) is 21.3 Å². The van der Waals surface area contributed by atoms with Gasteiger partial charge in [-0.1, -0.05) is 84.6 Å². The lowest BCUT2D eigenvalue weighted by molar-refractivity contribution is -0.121. The van der Waals surface area contributed by atoms with Crippen molar-refractivity contribution in [2.24, 2.45) is 0 Å². The normalized spacial score (nSPS) is 11.6. The fourth-order valence-corrected chi connectivity index (χ4v) is 5.34. The van der Waals surface area contributed by atoms with Crippen molar-refractivity contribution in [1.82, 2.24) is 21.3 Å². The number of carbonyl (C=O) groups excluding carboxylic acids is 4. The molecule has 0 heterocycles. The molecule has 0 radical (unpaired) electrons. The van der Waals surface area contributed by atoms with Gasteiger partial charge in [-0.05, 0) is 108 Å². The minimum atomic E-state index is -0.464. The second kappa shape index (κ2) is 23.0. The molecular formula is C44H44Cl2N4O6. The average Bonchev–Trinajstić information content (AvgIpc) is 3.21. The van der Waals surface area contributed by atoms with Gasteiger partial charge in [0.1, 0.15) is 22.9 Å². The van der Waals surface area contributed by atoms with E-state index in [9.17, 15) is 19.2 Å². The molecule has 0 saturated carbocycles. The highest BCUT2D eigenvalue weighted by atomic mass is 35.5. The molecular weight excluding hydrogens is 751 g/mol. The summed E-state index contributed by atoms with van der Waals surface area (Å²) in [4.78, 5) is 51.9. The fourth-order valence-electron chi connectivity index (χ4n) is 5.09. The Kier molecular flexibility index (Phi) is 17.5. The molecule has 290 valence electrons. The lowest BCUT2D eigenvalue weighted by atomic mass is 10.1. The number of methoxy groups -OCH3 is 2. The molecule has 0 aliphatic carbocycles. The van der Waals surface area contributed by atoms with E-state index in [-0.39, 0.29) is 11.4 Å². The molecule has 4 aromatic carbocycles. The van der Waals surface area contributed by atoms with Crippen LogP contribution in [0.15, 0.2) is 121 Å². The van der Waals surface area contributed by atoms with Gasteiger partial charge in [0.2, 0.25) is 11.8 Å².